The molecular weight excluding hydrogens is 434 g/mol. The SMILES string of the molecule is O=C(Nc1ccc(N=Nc2ccccc2)cc1)c1cccc(CS(=O)(=O)c2ccccc2)c1. The molecule has 4 aromatic rings. The molecule has 164 valence electrons. The van der Waals surface area contributed by atoms with Crippen molar-refractivity contribution in [1.82, 2.24) is 0 Å². The summed E-state index contributed by atoms with van der Waals surface area (Å²) in [7, 11) is -3.50. The predicted molar refractivity (Wildman–Crippen MR) is 129 cm³/mol. The summed E-state index contributed by atoms with van der Waals surface area (Å²) in [5, 5.41) is 11.2. The Kier molecular flexibility index (Phi) is 6.71. The Morgan fingerprint density at radius 1 is 0.697 bits per heavy atom. The van der Waals surface area contributed by atoms with Crippen molar-refractivity contribution in [3.05, 3.63) is 120 Å². The first-order valence-corrected chi connectivity index (χ1v) is 11.9. The second-order valence-corrected chi connectivity index (χ2v) is 9.30. The number of rotatable bonds is 7. The summed E-state index contributed by atoms with van der Waals surface area (Å²) in [4.78, 5) is 12.9. The maximum Gasteiger partial charge on any atom is 0.255 e. The fourth-order valence-corrected chi connectivity index (χ4v) is 4.51. The number of carbonyl (C=O) groups is 1. The van der Waals surface area contributed by atoms with Crippen molar-refractivity contribution in [1.29, 1.82) is 0 Å². The summed E-state index contributed by atoms with van der Waals surface area (Å²) in [5.41, 5.74) is 2.93. The highest BCUT2D eigenvalue weighted by molar-refractivity contribution is 7.90. The lowest BCUT2D eigenvalue weighted by molar-refractivity contribution is 0.102. The highest BCUT2D eigenvalue weighted by atomic mass is 32.2. The van der Waals surface area contributed by atoms with E-state index in [1.165, 1.54) is 0 Å². The molecule has 4 rings (SSSR count). The van der Waals surface area contributed by atoms with Gasteiger partial charge < -0.3 is 5.32 Å². The third-order valence-electron chi connectivity index (χ3n) is 4.81. The lowest BCUT2D eigenvalue weighted by Crippen LogP contribution is -2.12. The Morgan fingerprint density at radius 2 is 1.30 bits per heavy atom. The van der Waals surface area contributed by atoms with Crippen molar-refractivity contribution in [3.63, 3.8) is 0 Å². The summed E-state index contributed by atoms with van der Waals surface area (Å²) < 4.78 is 25.3. The van der Waals surface area contributed by atoms with Gasteiger partial charge in [-0.05, 0) is 66.2 Å². The topological polar surface area (TPSA) is 88.0 Å². The van der Waals surface area contributed by atoms with Crippen molar-refractivity contribution in [2.24, 2.45) is 10.2 Å². The van der Waals surface area contributed by atoms with Crippen LogP contribution in [-0.2, 0) is 15.6 Å². The van der Waals surface area contributed by atoms with E-state index in [1.807, 2.05) is 30.3 Å². The molecule has 0 spiro atoms. The van der Waals surface area contributed by atoms with Crippen LogP contribution in [0, 0.1) is 0 Å². The molecule has 0 radical (unpaired) electrons. The molecule has 0 heterocycles. The van der Waals surface area contributed by atoms with E-state index >= 15 is 0 Å². The molecule has 33 heavy (non-hydrogen) atoms. The molecule has 0 aromatic heterocycles. The average molecular weight is 456 g/mol. The predicted octanol–water partition coefficient (Wildman–Crippen LogP) is 6.33. The highest BCUT2D eigenvalue weighted by Gasteiger charge is 2.16. The number of amides is 1. The van der Waals surface area contributed by atoms with Gasteiger partial charge >= 0.3 is 0 Å². The molecule has 6 nitrogen and oxygen atoms in total. The third-order valence-corrected chi connectivity index (χ3v) is 6.51. The van der Waals surface area contributed by atoms with Gasteiger partial charge in [0.15, 0.2) is 9.84 Å². The van der Waals surface area contributed by atoms with Gasteiger partial charge in [0.05, 0.1) is 22.0 Å². The van der Waals surface area contributed by atoms with E-state index in [0.717, 1.165) is 5.69 Å². The number of sulfone groups is 1. The van der Waals surface area contributed by atoms with Gasteiger partial charge in [-0.3, -0.25) is 4.79 Å². The second-order valence-electron chi connectivity index (χ2n) is 7.31. The van der Waals surface area contributed by atoms with Gasteiger partial charge in [0.2, 0.25) is 0 Å². The molecule has 0 aliphatic heterocycles. The Labute approximate surface area is 192 Å². The van der Waals surface area contributed by atoms with Gasteiger partial charge in [-0.15, -0.1) is 0 Å². The zero-order valence-electron chi connectivity index (χ0n) is 17.6. The zero-order valence-corrected chi connectivity index (χ0v) is 18.4. The number of hydrogen-bond donors (Lipinski definition) is 1. The number of benzene rings is 4. The van der Waals surface area contributed by atoms with Crippen molar-refractivity contribution < 1.29 is 13.2 Å². The Morgan fingerprint density at radius 3 is 1.97 bits per heavy atom. The fraction of sp³-hybridized carbons (Fsp3) is 0.0385. The van der Waals surface area contributed by atoms with Gasteiger partial charge in [0.1, 0.15) is 0 Å². The van der Waals surface area contributed by atoms with Crippen molar-refractivity contribution >= 4 is 32.8 Å². The summed E-state index contributed by atoms with van der Waals surface area (Å²) >= 11 is 0. The lowest BCUT2D eigenvalue weighted by atomic mass is 10.1. The van der Waals surface area contributed by atoms with Crippen LogP contribution in [0.5, 0.6) is 0 Å². The lowest BCUT2D eigenvalue weighted by Gasteiger charge is -2.08. The highest BCUT2D eigenvalue weighted by Crippen LogP contribution is 2.21. The molecule has 7 heteroatoms. The van der Waals surface area contributed by atoms with Crippen molar-refractivity contribution in [2.75, 3.05) is 5.32 Å². The minimum absolute atomic E-state index is 0.181. The minimum Gasteiger partial charge on any atom is -0.322 e. The largest absolute Gasteiger partial charge is 0.322 e. The molecule has 1 N–H and O–H groups in total. The number of azo groups is 1. The Balaban J connectivity index is 1.42. The van der Waals surface area contributed by atoms with Gasteiger partial charge in [-0.2, -0.15) is 10.2 Å². The number of carbonyl (C=O) groups excluding carboxylic acids is 1. The number of anilines is 1. The summed E-state index contributed by atoms with van der Waals surface area (Å²) in [5.74, 6) is -0.508. The van der Waals surface area contributed by atoms with Crippen LogP contribution < -0.4 is 5.32 Å². The molecular formula is C26H21N3O3S. The maximum atomic E-state index is 12.7. The van der Waals surface area contributed by atoms with E-state index in [9.17, 15) is 13.2 Å². The van der Waals surface area contributed by atoms with Crippen LogP contribution in [0.3, 0.4) is 0 Å². The van der Waals surface area contributed by atoms with Crippen LogP contribution in [0.4, 0.5) is 17.1 Å². The third kappa shape index (κ3) is 5.99. The molecule has 0 aliphatic carbocycles. The normalized spacial score (nSPS) is 11.4. The molecule has 1 amide bonds. The minimum atomic E-state index is -3.50. The zero-order chi connectivity index (χ0) is 23.1. The van der Waals surface area contributed by atoms with Crippen LogP contribution in [0.1, 0.15) is 15.9 Å². The van der Waals surface area contributed by atoms with E-state index in [-0.39, 0.29) is 16.6 Å². The van der Waals surface area contributed by atoms with Gasteiger partial charge in [-0.25, -0.2) is 8.42 Å². The van der Waals surface area contributed by atoms with Crippen molar-refractivity contribution in [3.8, 4) is 0 Å². The monoisotopic (exact) mass is 455 g/mol. The van der Waals surface area contributed by atoms with E-state index < -0.39 is 9.84 Å². The molecule has 0 saturated carbocycles. The fourth-order valence-electron chi connectivity index (χ4n) is 3.16. The maximum absolute atomic E-state index is 12.7. The van der Waals surface area contributed by atoms with Crippen LogP contribution in [0.25, 0.3) is 0 Å². The molecule has 0 atom stereocenters. The standard InChI is InChI=1S/C26H21N3O3S/c30-26(27-22-14-16-24(17-15-22)29-28-23-10-3-1-4-11-23)21-9-7-8-20(18-21)19-33(31,32)25-12-5-2-6-13-25/h1-18H,19H2,(H,27,30). The summed E-state index contributed by atoms with van der Waals surface area (Å²) in [6.07, 6.45) is 0. The number of hydrogen-bond acceptors (Lipinski definition) is 5. The second kappa shape index (κ2) is 10.0. The van der Waals surface area contributed by atoms with Crippen LogP contribution in [-0.4, -0.2) is 14.3 Å². The first-order chi connectivity index (χ1) is 16.0. The first-order valence-electron chi connectivity index (χ1n) is 10.2. The molecule has 0 aliphatic rings. The van der Waals surface area contributed by atoms with Gasteiger partial charge in [0.25, 0.3) is 5.91 Å². The summed E-state index contributed by atoms with van der Waals surface area (Å²) in [6.45, 7) is 0. The average Bonchev–Trinajstić information content (AvgIpc) is 2.85. The van der Waals surface area contributed by atoms with E-state index in [1.54, 1.807) is 78.9 Å². The molecule has 0 unspecified atom stereocenters. The van der Waals surface area contributed by atoms with E-state index in [0.29, 0.717) is 22.5 Å². The molecule has 0 bridgehead atoms. The first kappa shape index (κ1) is 22.1. The Bertz CT molecular complexity index is 1370. The van der Waals surface area contributed by atoms with Gasteiger partial charge in [-0.1, -0.05) is 48.5 Å². The molecule has 0 saturated heterocycles. The quantitative estimate of drug-likeness (QED) is 0.330. The van der Waals surface area contributed by atoms with Crippen molar-refractivity contribution in [2.45, 2.75) is 10.6 Å². The molecule has 0 fully saturated rings. The van der Waals surface area contributed by atoms with E-state index in [4.69, 9.17) is 0 Å². The molecule has 4 aromatic carbocycles. The summed E-state index contributed by atoms with van der Waals surface area (Å²) in [6, 6.07) is 31.3. The van der Waals surface area contributed by atoms with Gasteiger partial charge in [0, 0.05) is 11.3 Å². The number of nitrogens with one attached hydrogen (secondary N) is 1. The Hall–Kier alpha value is -4.10. The smallest absolute Gasteiger partial charge is 0.255 e. The van der Waals surface area contributed by atoms with Crippen LogP contribution >= 0.6 is 0 Å². The number of nitrogens with zero attached hydrogens (tertiary/aromatic N) is 2. The van der Waals surface area contributed by atoms with E-state index in [2.05, 4.69) is 15.5 Å². The van der Waals surface area contributed by atoms with Crippen LogP contribution in [0.2, 0.25) is 0 Å². The van der Waals surface area contributed by atoms with Crippen LogP contribution in [0.15, 0.2) is 124 Å².